The molecular weight excluding hydrogens is 276 g/mol. The average Bonchev–Trinajstić information content (AvgIpc) is 2.50. The van der Waals surface area contributed by atoms with E-state index < -0.39 is 0 Å². The third kappa shape index (κ3) is 3.95. The monoisotopic (exact) mass is 296 g/mol. The van der Waals surface area contributed by atoms with Crippen molar-refractivity contribution in [1.29, 1.82) is 0 Å². The number of anilines is 2. The molecule has 0 aliphatic heterocycles. The molecule has 2 rings (SSSR count). The highest BCUT2D eigenvalue weighted by Gasteiger charge is 2.08. The summed E-state index contributed by atoms with van der Waals surface area (Å²) in [4.78, 5) is 23.6. The predicted octanol–water partition coefficient (Wildman–Crippen LogP) is 3.90. The van der Waals surface area contributed by atoms with Crippen LogP contribution in [-0.4, -0.2) is 11.8 Å². The van der Waals surface area contributed by atoms with Gasteiger partial charge in [-0.1, -0.05) is 24.6 Å². The maximum absolute atomic E-state index is 12.2. The zero-order valence-electron chi connectivity index (χ0n) is 13.1. The van der Waals surface area contributed by atoms with Crippen LogP contribution in [0, 0.1) is 13.8 Å². The Balaban J connectivity index is 2.08. The zero-order valence-corrected chi connectivity index (χ0v) is 13.1. The Bertz CT molecular complexity index is 691. The van der Waals surface area contributed by atoms with Crippen molar-refractivity contribution < 1.29 is 9.59 Å². The highest BCUT2D eigenvalue weighted by molar-refractivity contribution is 6.05. The van der Waals surface area contributed by atoms with Crippen LogP contribution in [0.3, 0.4) is 0 Å². The Morgan fingerprint density at radius 1 is 0.955 bits per heavy atom. The lowest BCUT2D eigenvalue weighted by atomic mass is 10.1. The van der Waals surface area contributed by atoms with Gasteiger partial charge in [-0.3, -0.25) is 9.59 Å². The maximum atomic E-state index is 12.2. The van der Waals surface area contributed by atoms with Crippen molar-refractivity contribution in [1.82, 2.24) is 0 Å². The minimum atomic E-state index is -0.166. The lowest BCUT2D eigenvalue weighted by Gasteiger charge is -2.10. The topological polar surface area (TPSA) is 58.2 Å². The summed E-state index contributed by atoms with van der Waals surface area (Å²) in [5.41, 5.74) is 4.23. The van der Waals surface area contributed by atoms with Gasteiger partial charge in [0.1, 0.15) is 0 Å². The van der Waals surface area contributed by atoms with E-state index >= 15 is 0 Å². The summed E-state index contributed by atoms with van der Waals surface area (Å²) in [6, 6.07) is 12.7. The summed E-state index contributed by atoms with van der Waals surface area (Å²) >= 11 is 0. The Labute approximate surface area is 130 Å². The van der Waals surface area contributed by atoms with Crippen molar-refractivity contribution >= 4 is 23.2 Å². The second-order valence-corrected chi connectivity index (χ2v) is 5.25. The molecule has 0 aliphatic carbocycles. The lowest BCUT2D eigenvalue weighted by Crippen LogP contribution is -2.13. The van der Waals surface area contributed by atoms with Gasteiger partial charge in [0, 0.05) is 23.4 Å². The minimum absolute atomic E-state index is 0.0486. The van der Waals surface area contributed by atoms with E-state index in [0.29, 0.717) is 17.7 Å². The number of benzene rings is 2. The predicted molar refractivity (Wildman–Crippen MR) is 89.2 cm³/mol. The van der Waals surface area contributed by atoms with E-state index in [1.54, 1.807) is 31.2 Å². The highest BCUT2D eigenvalue weighted by atomic mass is 16.2. The number of aryl methyl sites for hydroxylation is 2. The van der Waals surface area contributed by atoms with Crippen LogP contribution in [0.15, 0.2) is 42.5 Å². The number of rotatable bonds is 4. The number of carbonyl (C=O) groups excluding carboxylic acids is 2. The second-order valence-electron chi connectivity index (χ2n) is 5.25. The van der Waals surface area contributed by atoms with Gasteiger partial charge in [0.2, 0.25) is 5.91 Å². The van der Waals surface area contributed by atoms with E-state index in [1.807, 2.05) is 32.0 Å². The van der Waals surface area contributed by atoms with Gasteiger partial charge >= 0.3 is 0 Å². The van der Waals surface area contributed by atoms with Crippen LogP contribution in [0.5, 0.6) is 0 Å². The molecule has 0 bridgehead atoms. The van der Waals surface area contributed by atoms with Crippen molar-refractivity contribution in [2.45, 2.75) is 27.2 Å². The first-order chi connectivity index (χ1) is 10.5. The Morgan fingerprint density at radius 2 is 1.64 bits per heavy atom. The second kappa shape index (κ2) is 6.89. The summed E-state index contributed by atoms with van der Waals surface area (Å²) in [5.74, 6) is -0.215. The summed E-state index contributed by atoms with van der Waals surface area (Å²) < 4.78 is 0. The summed E-state index contributed by atoms with van der Waals surface area (Å²) in [5, 5.41) is 5.65. The first kappa shape index (κ1) is 15.8. The van der Waals surface area contributed by atoms with Crippen LogP contribution in [0.2, 0.25) is 0 Å². The number of hydrogen-bond donors (Lipinski definition) is 2. The molecule has 2 N–H and O–H groups in total. The Kier molecular flexibility index (Phi) is 4.94. The van der Waals surface area contributed by atoms with Crippen molar-refractivity contribution in [2.24, 2.45) is 0 Å². The molecule has 0 heterocycles. The van der Waals surface area contributed by atoms with Gasteiger partial charge in [-0.25, -0.2) is 0 Å². The van der Waals surface area contributed by atoms with Gasteiger partial charge in [-0.2, -0.15) is 0 Å². The first-order valence-electron chi connectivity index (χ1n) is 7.28. The smallest absolute Gasteiger partial charge is 0.255 e. The first-order valence-corrected chi connectivity index (χ1v) is 7.28. The molecule has 0 atom stereocenters. The van der Waals surface area contributed by atoms with Gasteiger partial charge in [0.05, 0.1) is 0 Å². The molecule has 0 fully saturated rings. The molecular formula is C18H20N2O2. The highest BCUT2D eigenvalue weighted by Crippen LogP contribution is 2.18. The fourth-order valence-electron chi connectivity index (χ4n) is 2.10. The molecule has 2 amide bonds. The van der Waals surface area contributed by atoms with E-state index in [1.165, 1.54) is 0 Å². The van der Waals surface area contributed by atoms with Crippen LogP contribution in [0.1, 0.15) is 34.8 Å². The fourth-order valence-corrected chi connectivity index (χ4v) is 2.10. The van der Waals surface area contributed by atoms with Gasteiger partial charge < -0.3 is 10.6 Å². The molecule has 0 radical (unpaired) electrons. The van der Waals surface area contributed by atoms with Crippen LogP contribution in [0.25, 0.3) is 0 Å². The number of carbonyl (C=O) groups is 2. The molecule has 0 aliphatic rings. The molecule has 0 aromatic heterocycles. The molecule has 22 heavy (non-hydrogen) atoms. The molecule has 0 unspecified atom stereocenters. The zero-order chi connectivity index (χ0) is 16.1. The maximum Gasteiger partial charge on any atom is 0.255 e. The molecule has 0 saturated heterocycles. The SMILES string of the molecule is CCC(=O)Nc1ccc(C(=O)Nc2ccc(C)cc2C)cc1. The van der Waals surface area contributed by atoms with E-state index in [9.17, 15) is 9.59 Å². The molecule has 2 aromatic rings. The summed E-state index contributed by atoms with van der Waals surface area (Å²) in [7, 11) is 0. The molecule has 114 valence electrons. The Hall–Kier alpha value is -2.62. The van der Waals surface area contributed by atoms with Crippen molar-refractivity contribution in [2.75, 3.05) is 10.6 Å². The third-order valence-corrected chi connectivity index (χ3v) is 3.38. The number of nitrogens with one attached hydrogen (secondary N) is 2. The lowest BCUT2D eigenvalue weighted by molar-refractivity contribution is -0.115. The van der Waals surface area contributed by atoms with E-state index in [0.717, 1.165) is 16.8 Å². The normalized spacial score (nSPS) is 10.1. The number of amides is 2. The van der Waals surface area contributed by atoms with E-state index in [2.05, 4.69) is 10.6 Å². The van der Waals surface area contributed by atoms with Gasteiger partial charge in [0.25, 0.3) is 5.91 Å². The molecule has 0 saturated carbocycles. The minimum Gasteiger partial charge on any atom is -0.326 e. The molecule has 4 nitrogen and oxygen atoms in total. The van der Waals surface area contributed by atoms with Crippen LogP contribution in [-0.2, 0) is 4.79 Å². The quantitative estimate of drug-likeness (QED) is 0.899. The fraction of sp³-hybridized carbons (Fsp3) is 0.222. The molecule has 4 heteroatoms. The van der Waals surface area contributed by atoms with Gasteiger partial charge in [-0.05, 0) is 49.7 Å². The van der Waals surface area contributed by atoms with Gasteiger partial charge in [0.15, 0.2) is 0 Å². The van der Waals surface area contributed by atoms with Gasteiger partial charge in [-0.15, -0.1) is 0 Å². The van der Waals surface area contributed by atoms with E-state index in [-0.39, 0.29) is 11.8 Å². The largest absolute Gasteiger partial charge is 0.326 e. The van der Waals surface area contributed by atoms with Crippen molar-refractivity contribution in [3.05, 3.63) is 59.2 Å². The third-order valence-electron chi connectivity index (χ3n) is 3.38. The Morgan fingerprint density at radius 3 is 2.23 bits per heavy atom. The van der Waals surface area contributed by atoms with Crippen LogP contribution >= 0.6 is 0 Å². The van der Waals surface area contributed by atoms with Crippen LogP contribution in [0.4, 0.5) is 11.4 Å². The van der Waals surface area contributed by atoms with E-state index in [4.69, 9.17) is 0 Å². The molecule has 0 spiro atoms. The molecule has 2 aromatic carbocycles. The van der Waals surface area contributed by atoms with Crippen LogP contribution < -0.4 is 10.6 Å². The van der Waals surface area contributed by atoms with Crippen molar-refractivity contribution in [3.8, 4) is 0 Å². The average molecular weight is 296 g/mol. The summed E-state index contributed by atoms with van der Waals surface area (Å²) in [6.45, 7) is 5.77. The number of hydrogen-bond acceptors (Lipinski definition) is 2. The standard InChI is InChI=1S/C18H20N2O2/c1-4-17(21)19-15-8-6-14(7-9-15)18(22)20-16-10-5-12(2)11-13(16)3/h5-11H,4H2,1-3H3,(H,19,21)(H,20,22). The summed E-state index contributed by atoms with van der Waals surface area (Å²) in [6.07, 6.45) is 0.426. The van der Waals surface area contributed by atoms with Crippen molar-refractivity contribution in [3.63, 3.8) is 0 Å².